The first-order valence-electron chi connectivity index (χ1n) is 6.39. The first-order valence-corrected chi connectivity index (χ1v) is 7.27. The van der Waals surface area contributed by atoms with Gasteiger partial charge in [-0.1, -0.05) is 13.0 Å². The van der Waals surface area contributed by atoms with Crippen LogP contribution in [0.4, 0.5) is 5.82 Å². The third-order valence-corrected chi connectivity index (χ3v) is 3.95. The number of hydrogen-bond acceptors (Lipinski definition) is 3. The molecule has 2 rings (SSSR count). The summed E-state index contributed by atoms with van der Waals surface area (Å²) in [6, 6.07) is 7.87. The fraction of sp³-hybridized carbons (Fsp3) is 0.333. The number of hydrogen-bond donors (Lipinski definition) is 1. The Morgan fingerprint density at radius 3 is 2.79 bits per heavy atom. The van der Waals surface area contributed by atoms with Crippen molar-refractivity contribution in [3.8, 4) is 0 Å². The van der Waals surface area contributed by atoms with Gasteiger partial charge in [-0.25, -0.2) is 4.98 Å². The summed E-state index contributed by atoms with van der Waals surface area (Å²) >= 11 is 1.62. The molecule has 100 valence electrons. The molecule has 0 aliphatic rings. The molecule has 19 heavy (non-hydrogen) atoms. The average Bonchev–Trinajstić information content (AvgIpc) is 2.82. The van der Waals surface area contributed by atoms with Gasteiger partial charge in [0.05, 0.1) is 5.92 Å². The van der Waals surface area contributed by atoms with Crippen molar-refractivity contribution in [1.82, 2.24) is 4.98 Å². The highest BCUT2D eigenvalue weighted by Crippen LogP contribution is 2.25. The van der Waals surface area contributed by atoms with E-state index >= 15 is 0 Å². The first kappa shape index (κ1) is 13.7. The average molecular weight is 274 g/mol. The van der Waals surface area contributed by atoms with Crippen LogP contribution < -0.4 is 5.32 Å². The molecule has 3 nitrogen and oxygen atoms in total. The van der Waals surface area contributed by atoms with E-state index in [2.05, 4.69) is 10.3 Å². The number of aromatic nitrogens is 1. The van der Waals surface area contributed by atoms with Gasteiger partial charge in [-0.2, -0.15) is 0 Å². The molecule has 0 saturated heterocycles. The van der Waals surface area contributed by atoms with Crippen LogP contribution in [0, 0.1) is 13.8 Å². The van der Waals surface area contributed by atoms with Crippen molar-refractivity contribution < 1.29 is 4.79 Å². The Morgan fingerprint density at radius 2 is 2.21 bits per heavy atom. The predicted molar refractivity (Wildman–Crippen MR) is 79.7 cm³/mol. The largest absolute Gasteiger partial charge is 0.310 e. The zero-order valence-electron chi connectivity index (χ0n) is 11.4. The van der Waals surface area contributed by atoms with E-state index in [9.17, 15) is 4.79 Å². The molecule has 2 aromatic heterocycles. The van der Waals surface area contributed by atoms with Crippen LogP contribution >= 0.6 is 11.3 Å². The van der Waals surface area contributed by atoms with Crippen LogP contribution in [0.3, 0.4) is 0 Å². The summed E-state index contributed by atoms with van der Waals surface area (Å²) in [5, 5.41) is 4.92. The molecule has 0 aliphatic heterocycles. The maximum Gasteiger partial charge on any atom is 0.233 e. The van der Waals surface area contributed by atoms with E-state index in [4.69, 9.17) is 0 Å². The molecule has 0 fully saturated rings. The maximum atomic E-state index is 12.3. The topological polar surface area (TPSA) is 42.0 Å². The van der Waals surface area contributed by atoms with E-state index < -0.39 is 0 Å². The van der Waals surface area contributed by atoms with E-state index in [0.717, 1.165) is 22.6 Å². The van der Waals surface area contributed by atoms with Crippen molar-refractivity contribution in [2.45, 2.75) is 33.1 Å². The molecule has 0 aromatic carbocycles. The summed E-state index contributed by atoms with van der Waals surface area (Å²) in [6.07, 6.45) is 0.789. The minimum atomic E-state index is -0.0948. The minimum absolute atomic E-state index is 0.0162. The quantitative estimate of drug-likeness (QED) is 0.919. The lowest BCUT2D eigenvalue weighted by Gasteiger charge is -2.13. The van der Waals surface area contributed by atoms with Crippen molar-refractivity contribution in [3.63, 3.8) is 0 Å². The molecule has 1 N–H and O–H groups in total. The summed E-state index contributed by atoms with van der Waals surface area (Å²) in [5.41, 5.74) is 2.02. The van der Waals surface area contributed by atoms with Gasteiger partial charge >= 0.3 is 0 Å². The monoisotopic (exact) mass is 274 g/mol. The first-order chi connectivity index (χ1) is 9.10. The van der Waals surface area contributed by atoms with Crippen LogP contribution in [0.5, 0.6) is 0 Å². The number of carbonyl (C=O) groups excluding carboxylic acids is 1. The Kier molecular flexibility index (Phi) is 4.32. The Morgan fingerprint density at radius 1 is 1.42 bits per heavy atom. The van der Waals surface area contributed by atoms with E-state index in [-0.39, 0.29) is 11.8 Å². The molecule has 1 amide bonds. The number of nitrogens with one attached hydrogen (secondary N) is 1. The Labute approximate surface area is 117 Å². The lowest BCUT2D eigenvalue weighted by Crippen LogP contribution is -2.20. The number of aryl methyl sites for hydroxylation is 2. The van der Waals surface area contributed by atoms with E-state index in [1.807, 2.05) is 50.4 Å². The van der Waals surface area contributed by atoms with E-state index in [0.29, 0.717) is 5.82 Å². The highest BCUT2D eigenvalue weighted by molar-refractivity contribution is 7.10. The summed E-state index contributed by atoms with van der Waals surface area (Å²) in [6.45, 7) is 5.96. The molecule has 1 unspecified atom stereocenters. The fourth-order valence-electron chi connectivity index (χ4n) is 2.12. The Bertz CT molecular complexity index is 543. The molecule has 0 spiro atoms. The standard InChI is InChI=1S/C15H18N2OS/c1-4-12(13-6-5-7-19-13)15(18)17-14-9-10(2)8-11(3)16-14/h5-9,12H,4H2,1-3H3,(H,16,17,18). The zero-order chi connectivity index (χ0) is 13.8. The molecule has 0 aliphatic carbocycles. The third-order valence-electron chi connectivity index (χ3n) is 2.96. The highest BCUT2D eigenvalue weighted by Gasteiger charge is 2.20. The van der Waals surface area contributed by atoms with Crippen molar-refractivity contribution in [1.29, 1.82) is 0 Å². The van der Waals surface area contributed by atoms with Gasteiger partial charge in [-0.3, -0.25) is 4.79 Å². The van der Waals surface area contributed by atoms with Crippen LogP contribution in [0.1, 0.15) is 35.4 Å². The second-order valence-corrected chi connectivity index (χ2v) is 5.62. The molecule has 0 radical (unpaired) electrons. The van der Waals surface area contributed by atoms with Gasteiger partial charge < -0.3 is 5.32 Å². The highest BCUT2D eigenvalue weighted by atomic mass is 32.1. The van der Waals surface area contributed by atoms with Gasteiger partial charge in [-0.15, -0.1) is 11.3 Å². The van der Waals surface area contributed by atoms with Gasteiger partial charge in [-0.05, 0) is 49.4 Å². The summed E-state index contributed by atoms with van der Waals surface area (Å²) in [4.78, 5) is 17.8. The van der Waals surface area contributed by atoms with Crippen LogP contribution in [0.2, 0.25) is 0 Å². The number of amides is 1. The zero-order valence-corrected chi connectivity index (χ0v) is 12.3. The Balaban J connectivity index is 2.15. The number of pyridine rings is 1. The maximum absolute atomic E-state index is 12.3. The van der Waals surface area contributed by atoms with Gasteiger partial charge in [0, 0.05) is 10.6 Å². The van der Waals surface area contributed by atoms with Gasteiger partial charge in [0.15, 0.2) is 0 Å². The van der Waals surface area contributed by atoms with E-state index in [1.54, 1.807) is 11.3 Å². The van der Waals surface area contributed by atoms with Crippen LogP contribution in [0.15, 0.2) is 29.6 Å². The number of carbonyl (C=O) groups is 1. The van der Waals surface area contributed by atoms with Crippen LogP contribution in [-0.2, 0) is 4.79 Å². The normalized spacial score (nSPS) is 12.2. The smallest absolute Gasteiger partial charge is 0.233 e. The van der Waals surface area contributed by atoms with Gasteiger partial charge in [0.25, 0.3) is 0 Å². The molecule has 2 heterocycles. The third kappa shape index (κ3) is 3.41. The second kappa shape index (κ2) is 5.97. The molecular weight excluding hydrogens is 256 g/mol. The molecular formula is C15H18N2OS. The SMILES string of the molecule is CCC(C(=O)Nc1cc(C)cc(C)n1)c1cccs1. The second-order valence-electron chi connectivity index (χ2n) is 4.64. The molecule has 0 saturated carbocycles. The van der Waals surface area contributed by atoms with Crippen LogP contribution in [-0.4, -0.2) is 10.9 Å². The Hall–Kier alpha value is -1.68. The van der Waals surface area contributed by atoms with Crippen molar-refractivity contribution in [2.75, 3.05) is 5.32 Å². The number of rotatable bonds is 4. The molecule has 0 bridgehead atoms. The fourth-order valence-corrected chi connectivity index (χ4v) is 3.03. The van der Waals surface area contributed by atoms with Crippen LogP contribution in [0.25, 0.3) is 0 Å². The molecule has 4 heteroatoms. The van der Waals surface area contributed by atoms with Gasteiger partial charge in [0.1, 0.15) is 5.82 Å². The summed E-state index contributed by atoms with van der Waals surface area (Å²) < 4.78 is 0. The van der Waals surface area contributed by atoms with Crippen molar-refractivity contribution in [3.05, 3.63) is 45.8 Å². The van der Waals surface area contributed by atoms with E-state index in [1.165, 1.54) is 0 Å². The lowest BCUT2D eigenvalue weighted by molar-refractivity contribution is -0.117. The molecule has 2 aromatic rings. The number of anilines is 1. The predicted octanol–water partition coefficient (Wildman–Crippen LogP) is 3.89. The summed E-state index contributed by atoms with van der Waals surface area (Å²) in [5.74, 6) is 0.558. The number of nitrogens with zero attached hydrogens (tertiary/aromatic N) is 1. The van der Waals surface area contributed by atoms with Crippen molar-refractivity contribution >= 4 is 23.1 Å². The minimum Gasteiger partial charge on any atom is -0.310 e. The lowest BCUT2D eigenvalue weighted by atomic mass is 10.0. The molecule has 1 atom stereocenters. The number of thiophene rings is 1. The van der Waals surface area contributed by atoms with Crippen molar-refractivity contribution in [2.24, 2.45) is 0 Å². The van der Waals surface area contributed by atoms with Gasteiger partial charge in [0.2, 0.25) is 5.91 Å². The summed E-state index contributed by atoms with van der Waals surface area (Å²) in [7, 11) is 0.